The summed E-state index contributed by atoms with van der Waals surface area (Å²) in [5, 5.41) is 0. The largest absolute Gasteiger partial charge is 0.356 e. The maximum atomic E-state index is 5.79. The summed E-state index contributed by atoms with van der Waals surface area (Å²) in [6.45, 7) is 4.53. The lowest BCUT2D eigenvalue weighted by Gasteiger charge is -2.17. The number of anilines is 1. The predicted octanol–water partition coefficient (Wildman–Crippen LogP) is 2.67. The van der Waals surface area contributed by atoms with Crippen molar-refractivity contribution in [1.82, 2.24) is 4.98 Å². The molecule has 0 amide bonds. The zero-order valence-electron chi connectivity index (χ0n) is 8.41. The fraction of sp³-hybridized carbons (Fsp3) is 0.545. The highest BCUT2D eigenvalue weighted by molar-refractivity contribution is 6.17. The van der Waals surface area contributed by atoms with Gasteiger partial charge in [-0.25, -0.2) is 4.98 Å². The minimum atomic E-state index is 0.568. The Hall–Kier alpha value is -0.760. The van der Waals surface area contributed by atoms with Crippen LogP contribution in [0.3, 0.4) is 0 Å². The van der Waals surface area contributed by atoms with Crippen molar-refractivity contribution in [2.45, 2.75) is 19.2 Å². The molecule has 0 bridgehead atoms. The van der Waals surface area contributed by atoms with Crippen molar-refractivity contribution >= 4 is 17.4 Å². The number of hydrogen-bond donors (Lipinski definition) is 0. The number of pyridine rings is 1. The van der Waals surface area contributed by atoms with E-state index in [4.69, 9.17) is 11.6 Å². The third kappa shape index (κ3) is 2.01. The Balaban J connectivity index is 2.15. The van der Waals surface area contributed by atoms with Crippen LogP contribution in [0, 0.1) is 5.92 Å². The van der Waals surface area contributed by atoms with Crippen molar-refractivity contribution in [3.63, 3.8) is 0 Å². The van der Waals surface area contributed by atoms with Gasteiger partial charge in [0, 0.05) is 25.2 Å². The van der Waals surface area contributed by atoms with E-state index in [0.29, 0.717) is 5.88 Å². The number of rotatable bonds is 2. The zero-order valence-corrected chi connectivity index (χ0v) is 9.17. The highest BCUT2D eigenvalue weighted by atomic mass is 35.5. The van der Waals surface area contributed by atoms with E-state index in [2.05, 4.69) is 22.9 Å². The molecule has 0 saturated carbocycles. The SMILES string of the molecule is CC1CCN(c2cc(CCl)ccn2)C1. The fourth-order valence-corrected chi connectivity index (χ4v) is 2.03. The van der Waals surface area contributed by atoms with Gasteiger partial charge in [-0.3, -0.25) is 0 Å². The first-order chi connectivity index (χ1) is 6.79. The molecular formula is C11H15ClN2. The lowest BCUT2D eigenvalue weighted by molar-refractivity contribution is 0.659. The van der Waals surface area contributed by atoms with Crippen molar-refractivity contribution < 1.29 is 0 Å². The van der Waals surface area contributed by atoms with Crippen LogP contribution in [-0.2, 0) is 5.88 Å². The van der Waals surface area contributed by atoms with Gasteiger partial charge in [-0.05, 0) is 30.0 Å². The van der Waals surface area contributed by atoms with Crippen molar-refractivity contribution in [2.75, 3.05) is 18.0 Å². The molecule has 14 heavy (non-hydrogen) atoms. The first kappa shape index (κ1) is 9.78. The Morgan fingerprint density at radius 3 is 3.14 bits per heavy atom. The number of aromatic nitrogens is 1. The molecule has 2 rings (SSSR count). The molecule has 2 heterocycles. The van der Waals surface area contributed by atoms with Crippen LogP contribution in [-0.4, -0.2) is 18.1 Å². The van der Waals surface area contributed by atoms with Gasteiger partial charge in [-0.2, -0.15) is 0 Å². The van der Waals surface area contributed by atoms with Gasteiger partial charge in [0.05, 0.1) is 0 Å². The van der Waals surface area contributed by atoms with Crippen LogP contribution >= 0.6 is 11.6 Å². The van der Waals surface area contributed by atoms with Crippen molar-refractivity contribution in [2.24, 2.45) is 5.92 Å². The number of nitrogens with zero attached hydrogens (tertiary/aromatic N) is 2. The lowest BCUT2D eigenvalue weighted by atomic mass is 10.2. The van der Waals surface area contributed by atoms with Gasteiger partial charge in [0.25, 0.3) is 0 Å². The molecule has 1 unspecified atom stereocenters. The van der Waals surface area contributed by atoms with E-state index in [1.54, 1.807) is 0 Å². The van der Waals surface area contributed by atoms with Crippen LogP contribution in [0.2, 0.25) is 0 Å². The Morgan fingerprint density at radius 1 is 1.64 bits per heavy atom. The molecule has 1 fully saturated rings. The Bertz CT molecular complexity index is 314. The summed E-state index contributed by atoms with van der Waals surface area (Å²) in [7, 11) is 0. The molecule has 0 radical (unpaired) electrons. The molecule has 76 valence electrons. The van der Waals surface area contributed by atoms with E-state index < -0.39 is 0 Å². The molecule has 2 nitrogen and oxygen atoms in total. The highest BCUT2D eigenvalue weighted by Crippen LogP contribution is 2.22. The Morgan fingerprint density at radius 2 is 2.50 bits per heavy atom. The van der Waals surface area contributed by atoms with Gasteiger partial charge in [-0.15, -0.1) is 11.6 Å². The number of alkyl halides is 1. The summed E-state index contributed by atoms with van der Waals surface area (Å²) in [4.78, 5) is 6.71. The highest BCUT2D eigenvalue weighted by Gasteiger charge is 2.19. The van der Waals surface area contributed by atoms with Gasteiger partial charge < -0.3 is 4.90 Å². The molecule has 1 aliphatic heterocycles. The average Bonchev–Trinajstić information content (AvgIpc) is 2.65. The summed E-state index contributed by atoms with van der Waals surface area (Å²) in [6, 6.07) is 4.06. The van der Waals surface area contributed by atoms with Gasteiger partial charge >= 0.3 is 0 Å². The van der Waals surface area contributed by atoms with Crippen LogP contribution in [0.1, 0.15) is 18.9 Å². The van der Waals surface area contributed by atoms with E-state index in [0.717, 1.165) is 30.4 Å². The topological polar surface area (TPSA) is 16.1 Å². The first-order valence-corrected chi connectivity index (χ1v) is 5.59. The number of halogens is 1. The summed E-state index contributed by atoms with van der Waals surface area (Å²) in [6.07, 6.45) is 3.11. The standard InChI is InChI=1S/C11H15ClN2/c1-9-3-5-14(8-9)11-6-10(7-12)2-4-13-11/h2,4,6,9H,3,5,7-8H2,1H3. The third-order valence-electron chi connectivity index (χ3n) is 2.71. The van der Waals surface area contributed by atoms with E-state index in [-0.39, 0.29) is 0 Å². The van der Waals surface area contributed by atoms with E-state index >= 15 is 0 Å². The van der Waals surface area contributed by atoms with Crippen molar-refractivity contribution in [3.8, 4) is 0 Å². The lowest BCUT2D eigenvalue weighted by Crippen LogP contribution is -2.20. The molecule has 0 aromatic carbocycles. The zero-order chi connectivity index (χ0) is 9.97. The Labute approximate surface area is 89.9 Å². The maximum Gasteiger partial charge on any atom is 0.128 e. The number of hydrogen-bond acceptors (Lipinski definition) is 2. The monoisotopic (exact) mass is 210 g/mol. The second-order valence-electron chi connectivity index (χ2n) is 4.00. The molecule has 1 saturated heterocycles. The van der Waals surface area contributed by atoms with E-state index in [9.17, 15) is 0 Å². The van der Waals surface area contributed by atoms with Crippen LogP contribution in [0.15, 0.2) is 18.3 Å². The van der Waals surface area contributed by atoms with Gasteiger partial charge in [0.15, 0.2) is 0 Å². The molecule has 1 aliphatic rings. The van der Waals surface area contributed by atoms with Crippen molar-refractivity contribution in [1.29, 1.82) is 0 Å². The average molecular weight is 211 g/mol. The normalized spacial score (nSPS) is 21.6. The van der Waals surface area contributed by atoms with E-state index in [1.807, 2.05) is 12.3 Å². The molecular weight excluding hydrogens is 196 g/mol. The van der Waals surface area contributed by atoms with E-state index in [1.165, 1.54) is 6.42 Å². The maximum absolute atomic E-state index is 5.79. The smallest absolute Gasteiger partial charge is 0.128 e. The predicted molar refractivity (Wildman–Crippen MR) is 59.8 cm³/mol. The van der Waals surface area contributed by atoms with Gasteiger partial charge in [0.2, 0.25) is 0 Å². The van der Waals surface area contributed by atoms with Crippen LogP contribution < -0.4 is 4.90 Å². The van der Waals surface area contributed by atoms with Crippen LogP contribution in [0.25, 0.3) is 0 Å². The summed E-state index contributed by atoms with van der Waals surface area (Å²) in [5.41, 5.74) is 1.15. The molecule has 1 aromatic heterocycles. The molecule has 1 aromatic rings. The van der Waals surface area contributed by atoms with Crippen LogP contribution in [0.5, 0.6) is 0 Å². The van der Waals surface area contributed by atoms with Crippen LogP contribution in [0.4, 0.5) is 5.82 Å². The second kappa shape index (κ2) is 4.18. The molecule has 3 heteroatoms. The fourth-order valence-electron chi connectivity index (χ4n) is 1.86. The van der Waals surface area contributed by atoms with Crippen molar-refractivity contribution in [3.05, 3.63) is 23.9 Å². The minimum Gasteiger partial charge on any atom is -0.356 e. The molecule has 0 aliphatic carbocycles. The third-order valence-corrected chi connectivity index (χ3v) is 3.02. The molecule has 1 atom stereocenters. The summed E-state index contributed by atoms with van der Waals surface area (Å²) in [5.74, 6) is 2.43. The Kier molecular flexibility index (Phi) is 2.92. The van der Waals surface area contributed by atoms with Gasteiger partial charge in [0.1, 0.15) is 5.82 Å². The first-order valence-electron chi connectivity index (χ1n) is 5.05. The quantitative estimate of drug-likeness (QED) is 0.698. The molecule has 0 N–H and O–H groups in total. The summed E-state index contributed by atoms with van der Waals surface area (Å²) < 4.78 is 0. The molecule has 0 spiro atoms. The van der Waals surface area contributed by atoms with Gasteiger partial charge in [-0.1, -0.05) is 6.92 Å². The summed E-state index contributed by atoms with van der Waals surface area (Å²) >= 11 is 5.79. The minimum absolute atomic E-state index is 0.568. The second-order valence-corrected chi connectivity index (χ2v) is 4.26.